The van der Waals surface area contributed by atoms with Crippen LogP contribution in [0.5, 0.6) is 0 Å². The average Bonchev–Trinajstić information content (AvgIpc) is 3.50. The van der Waals surface area contributed by atoms with Crippen LogP contribution in [0.15, 0.2) is 150 Å². The number of benzene rings is 9. The molecule has 0 aliphatic rings. The molecule has 0 saturated carbocycles. The molecule has 0 radical (unpaired) electrons. The second-order valence-electron chi connectivity index (χ2n) is 12.5. The normalized spacial score (nSPS) is 12.3. The van der Waals surface area contributed by atoms with Crippen molar-refractivity contribution in [1.29, 1.82) is 0 Å². The van der Waals surface area contributed by atoms with Crippen LogP contribution in [0.3, 0.4) is 0 Å². The van der Waals surface area contributed by atoms with E-state index < -0.39 is 0 Å². The van der Waals surface area contributed by atoms with Crippen LogP contribution in [0.4, 0.5) is 0 Å². The van der Waals surface area contributed by atoms with Crippen LogP contribution in [0.25, 0.3) is 109 Å². The van der Waals surface area contributed by atoms with Crippen LogP contribution in [0.2, 0.25) is 0 Å². The fourth-order valence-electron chi connectivity index (χ4n) is 7.91. The molecule has 0 fully saturated rings. The summed E-state index contributed by atoms with van der Waals surface area (Å²) in [6, 6.07) is 50.3. The number of hydrogen-bond donors (Lipinski definition) is 0. The zero-order valence-corrected chi connectivity index (χ0v) is 25.2. The lowest BCUT2D eigenvalue weighted by Crippen LogP contribution is -1.90. The molecule has 0 amide bonds. The fraction of sp³-hybridized carbons (Fsp3) is 0. The highest BCUT2D eigenvalue weighted by molar-refractivity contribution is 6.28. The first-order valence-electron chi connectivity index (χ1n) is 16.0. The van der Waals surface area contributed by atoms with Crippen molar-refractivity contribution in [2.24, 2.45) is 0 Å². The molecule has 216 valence electrons. The van der Waals surface area contributed by atoms with Gasteiger partial charge in [-0.1, -0.05) is 121 Å². The lowest BCUT2D eigenvalue weighted by atomic mass is 9.89. The van der Waals surface area contributed by atoms with Crippen LogP contribution in [-0.4, -0.2) is 9.97 Å². The van der Waals surface area contributed by atoms with E-state index in [4.69, 9.17) is 14.4 Å². The molecule has 11 rings (SSSR count). The highest BCUT2D eigenvalue weighted by Crippen LogP contribution is 2.41. The molecule has 9 aromatic carbocycles. The molecular weight excluding hydrogens is 572 g/mol. The topological polar surface area (TPSA) is 38.9 Å². The maximum absolute atomic E-state index is 6.38. The van der Waals surface area contributed by atoms with Crippen molar-refractivity contribution in [3.05, 3.63) is 146 Å². The summed E-state index contributed by atoms with van der Waals surface area (Å²) in [5, 5.41) is 16.0. The molecule has 2 heterocycles. The fourth-order valence-corrected chi connectivity index (χ4v) is 7.91. The van der Waals surface area contributed by atoms with Gasteiger partial charge < -0.3 is 4.42 Å². The number of fused-ring (bicyclic) bond motifs is 9. The second-order valence-corrected chi connectivity index (χ2v) is 12.5. The van der Waals surface area contributed by atoms with E-state index in [1.807, 2.05) is 6.20 Å². The van der Waals surface area contributed by atoms with Gasteiger partial charge in [0, 0.05) is 10.9 Å². The number of furan rings is 1. The third-order valence-electron chi connectivity index (χ3n) is 10.0. The lowest BCUT2D eigenvalue weighted by molar-refractivity contribution is 0.666. The molecule has 0 unspecified atom stereocenters. The van der Waals surface area contributed by atoms with Crippen LogP contribution in [-0.2, 0) is 0 Å². The Kier molecular flexibility index (Phi) is 4.84. The monoisotopic (exact) mass is 596 g/mol. The van der Waals surface area contributed by atoms with Gasteiger partial charge in [0.25, 0.3) is 0 Å². The van der Waals surface area contributed by atoms with E-state index in [1.165, 1.54) is 70.2 Å². The molecule has 0 N–H and O–H groups in total. The van der Waals surface area contributed by atoms with Gasteiger partial charge in [0.05, 0.1) is 6.20 Å². The Morgan fingerprint density at radius 3 is 1.79 bits per heavy atom. The first kappa shape index (κ1) is 24.9. The van der Waals surface area contributed by atoms with Crippen molar-refractivity contribution in [1.82, 2.24) is 9.97 Å². The zero-order chi connectivity index (χ0) is 30.6. The van der Waals surface area contributed by atoms with E-state index in [-0.39, 0.29) is 0 Å². The van der Waals surface area contributed by atoms with Crippen molar-refractivity contribution in [3.63, 3.8) is 0 Å². The van der Waals surface area contributed by atoms with Crippen LogP contribution < -0.4 is 0 Å². The first-order chi connectivity index (χ1) is 23.3. The molecule has 0 bridgehead atoms. The predicted octanol–water partition coefficient (Wildman–Crippen LogP) is 12.1. The van der Waals surface area contributed by atoms with Crippen molar-refractivity contribution in [2.45, 2.75) is 0 Å². The van der Waals surface area contributed by atoms with E-state index in [0.29, 0.717) is 11.4 Å². The molecule has 0 aliphatic heterocycles. The molecule has 2 aromatic heterocycles. The Balaban J connectivity index is 1.11. The molecule has 3 heteroatoms. The van der Waals surface area contributed by atoms with E-state index >= 15 is 0 Å². The van der Waals surface area contributed by atoms with Gasteiger partial charge in [0.2, 0.25) is 0 Å². The quantitative estimate of drug-likeness (QED) is 0.186. The summed E-state index contributed by atoms with van der Waals surface area (Å²) in [5.41, 5.74) is 5.67. The Bertz CT molecular complexity index is 3060. The largest absolute Gasteiger partial charge is 0.453 e. The summed E-state index contributed by atoms with van der Waals surface area (Å²) < 4.78 is 6.38. The molecule has 0 spiro atoms. The van der Waals surface area contributed by atoms with Crippen molar-refractivity contribution in [3.8, 4) is 22.5 Å². The third kappa shape index (κ3) is 3.46. The van der Waals surface area contributed by atoms with Gasteiger partial charge in [-0.2, -0.15) is 0 Å². The van der Waals surface area contributed by atoms with E-state index in [2.05, 4.69) is 140 Å². The summed E-state index contributed by atoms with van der Waals surface area (Å²) in [7, 11) is 0. The maximum atomic E-state index is 6.38. The SMILES string of the molecule is c1cc(-c2ncc3oc4cc5c6ccccc6c6ccccc6c5cc4c3n2)cc(-c2ccc3ccc4cccc5ccc2c3c45)c1. The summed E-state index contributed by atoms with van der Waals surface area (Å²) in [6.07, 6.45) is 1.82. The van der Waals surface area contributed by atoms with Crippen molar-refractivity contribution in [2.75, 3.05) is 0 Å². The van der Waals surface area contributed by atoms with Crippen molar-refractivity contribution < 1.29 is 4.42 Å². The summed E-state index contributed by atoms with van der Waals surface area (Å²) in [4.78, 5) is 9.94. The van der Waals surface area contributed by atoms with E-state index in [0.717, 1.165) is 27.6 Å². The van der Waals surface area contributed by atoms with Crippen molar-refractivity contribution >= 4 is 86.7 Å². The predicted molar refractivity (Wildman–Crippen MR) is 196 cm³/mol. The molecule has 0 aliphatic carbocycles. The third-order valence-corrected chi connectivity index (χ3v) is 10.0. The minimum atomic E-state index is 0.684. The smallest absolute Gasteiger partial charge is 0.172 e. The van der Waals surface area contributed by atoms with Gasteiger partial charge >= 0.3 is 0 Å². The molecule has 3 nitrogen and oxygen atoms in total. The standard InChI is InChI=1S/C44H24N2O/c1-3-13-33-31(11-1)32-12-2-4-14-34(32)37-23-39-38(22-36(33)37)43-40(47-39)24-45-44(46-43)29-10-6-9-28(21-29)30-19-17-27-16-15-25-7-5-8-26-18-20-35(30)42(27)41(25)26/h1-24H. The highest BCUT2D eigenvalue weighted by Gasteiger charge is 2.17. The number of rotatable bonds is 2. The van der Waals surface area contributed by atoms with Crippen LogP contribution in [0.1, 0.15) is 0 Å². The highest BCUT2D eigenvalue weighted by atomic mass is 16.3. The van der Waals surface area contributed by atoms with E-state index in [9.17, 15) is 0 Å². The summed E-state index contributed by atoms with van der Waals surface area (Å²) in [6.45, 7) is 0. The minimum Gasteiger partial charge on any atom is -0.453 e. The van der Waals surface area contributed by atoms with E-state index in [1.54, 1.807) is 0 Å². The number of aromatic nitrogens is 2. The lowest BCUT2D eigenvalue weighted by Gasteiger charge is -2.14. The summed E-state index contributed by atoms with van der Waals surface area (Å²) in [5.74, 6) is 0.684. The molecule has 11 aromatic rings. The number of nitrogens with zero attached hydrogens (tertiary/aromatic N) is 2. The second kappa shape index (κ2) is 9.12. The Morgan fingerprint density at radius 2 is 1.02 bits per heavy atom. The maximum Gasteiger partial charge on any atom is 0.172 e. The molecule has 0 saturated heterocycles. The van der Waals surface area contributed by atoms with Gasteiger partial charge in [0.15, 0.2) is 11.4 Å². The van der Waals surface area contributed by atoms with Gasteiger partial charge in [-0.05, 0) is 94.0 Å². The molecule has 0 atom stereocenters. The molecule has 47 heavy (non-hydrogen) atoms. The Labute approximate surface area is 268 Å². The van der Waals surface area contributed by atoms with Gasteiger partial charge in [0.1, 0.15) is 11.1 Å². The Hall–Kier alpha value is -6.32. The van der Waals surface area contributed by atoms with Crippen LogP contribution in [0, 0.1) is 0 Å². The average molecular weight is 597 g/mol. The molecular formula is C44H24N2O. The van der Waals surface area contributed by atoms with Gasteiger partial charge in [-0.15, -0.1) is 0 Å². The zero-order valence-electron chi connectivity index (χ0n) is 25.2. The Morgan fingerprint density at radius 1 is 0.404 bits per heavy atom. The van der Waals surface area contributed by atoms with Gasteiger partial charge in [-0.25, -0.2) is 9.97 Å². The first-order valence-corrected chi connectivity index (χ1v) is 16.0. The van der Waals surface area contributed by atoms with Crippen LogP contribution >= 0.6 is 0 Å². The minimum absolute atomic E-state index is 0.684. The summed E-state index contributed by atoms with van der Waals surface area (Å²) >= 11 is 0. The van der Waals surface area contributed by atoms with Gasteiger partial charge in [-0.3, -0.25) is 0 Å². The number of hydrogen-bond acceptors (Lipinski definition) is 3.